The lowest BCUT2D eigenvalue weighted by atomic mass is 10.1. The lowest BCUT2D eigenvalue weighted by Crippen LogP contribution is -2.27. The van der Waals surface area contributed by atoms with Crippen LogP contribution < -0.4 is 11.1 Å². The molecule has 0 aliphatic rings. The van der Waals surface area contributed by atoms with Crippen molar-refractivity contribution in [2.45, 2.75) is 19.4 Å². The molecule has 0 aliphatic carbocycles. The molecule has 2 heterocycles. The number of carbonyl (C=O) groups excluding carboxylic acids is 1. The zero-order chi connectivity index (χ0) is 16.2. The Morgan fingerprint density at radius 2 is 2.04 bits per heavy atom. The number of nitrogens with one attached hydrogen (secondary N) is 1. The summed E-state index contributed by atoms with van der Waals surface area (Å²) in [5.41, 5.74) is 7.50. The first kappa shape index (κ1) is 15.6. The summed E-state index contributed by atoms with van der Waals surface area (Å²) in [7, 11) is 0. The molecule has 6 nitrogen and oxygen atoms in total. The molecular weight excluding hydrogens is 330 g/mol. The second-order valence-electron chi connectivity index (χ2n) is 4.98. The van der Waals surface area contributed by atoms with E-state index in [1.807, 2.05) is 29.6 Å². The van der Waals surface area contributed by atoms with Crippen molar-refractivity contribution in [3.63, 3.8) is 0 Å². The normalized spacial score (nSPS) is 12.0. The zero-order valence-corrected chi connectivity index (χ0v) is 14.0. The fourth-order valence-corrected chi connectivity index (χ4v) is 3.69. The number of benzene rings is 1. The van der Waals surface area contributed by atoms with Crippen LogP contribution in [0.1, 0.15) is 23.5 Å². The molecule has 2 aromatic heterocycles. The van der Waals surface area contributed by atoms with Gasteiger partial charge in [-0.1, -0.05) is 23.5 Å². The number of nitrogens with two attached hydrogens (primary N) is 1. The molecule has 0 bridgehead atoms. The van der Waals surface area contributed by atoms with Crippen LogP contribution in [0.5, 0.6) is 0 Å². The zero-order valence-electron chi connectivity index (χ0n) is 12.4. The van der Waals surface area contributed by atoms with Gasteiger partial charge < -0.3 is 11.1 Å². The molecule has 0 radical (unpaired) electrons. The van der Waals surface area contributed by atoms with Gasteiger partial charge in [0, 0.05) is 24.2 Å². The fourth-order valence-electron chi connectivity index (χ4n) is 2.13. The van der Waals surface area contributed by atoms with Crippen LogP contribution in [-0.4, -0.2) is 21.1 Å². The highest BCUT2D eigenvalue weighted by atomic mass is 32.1. The fraction of sp³-hybridized carbons (Fsp3) is 0.200. The maximum Gasteiger partial charge on any atom is 0.217 e. The monoisotopic (exact) mass is 345 g/mol. The number of anilines is 1. The van der Waals surface area contributed by atoms with Crippen LogP contribution in [0.15, 0.2) is 35.8 Å². The number of hydrogen-bond donors (Lipinski definition) is 2. The lowest BCUT2D eigenvalue weighted by molar-refractivity contribution is -0.119. The van der Waals surface area contributed by atoms with Gasteiger partial charge in [-0.25, -0.2) is 4.98 Å². The SMILES string of the molecule is CC(=O)N[C@@H](Cc1ccc(N)cc1)c1nnc(-c2nccs2)s1. The number of nitrogen functional groups attached to an aromatic ring is 1. The highest BCUT2D eigenvalue weighted by Crippen LogP contribution is 2.29. The summed E-state index contributed by atoms with van der Waals surface area (Å²) in [6.45, 7) is 1.50. The smallest absolute Gasteiger partial charge is 0.217 e. The molecule has 0 saturated heterocycles. The predicted molar refractivity (Wildman–Crippen MR) is 92.1 cm³/mol. The summed E-state index contributed by atoms with van der Waals surface area (Å²) >= 11 is 2.97. The van der Waals surface area contributed by atoms with E-state index in [9.17, 15) is 4.79 Å². The highest BCUT2D eigenvalue weighted by molar-refractivity contribution is 7.20. The Hall–Kier alpha value is -2.32. The van der Waals surface area contributed by atoms with E-state index >= 15 is 0 Å². The summed E-state index contributed by atoms with van der Waals surface area (Å²) in [5, 5.41) is 15.6. The first-order chi connectivity index (χ1) is 11.1. The molecule has 0 spiro atoms. The maximum absolute atomic E-state index is 11.5. The van der Waals surface area contributed by atoms with E-state index in [1.165, 1.54) is 29.6 Å². The van der Waals surface area contributed by atoms with Crippen molar-refractivity contribution in [2.75, 3.05) is 5.73 Å². The molecule has 0 unspecified atom stereocenters. The van der Waals surface area contributed by atoms with Gasteiger partial charge in [0.1, 0.15) is 5.01 Å². The summed E-state index contributed by atoms with van der Waals surface area (Å²) in [5.74, 6) is -0.101. The van der Waals surface area contributed by atoms with Gasteiger partial charge in [-0.3, -0.25) is 4.79 Å². The molecule has 118 valence electrons. The lowest BCUT2D eigenvalue weighted by Gasteiger charge is -2.15. The van der Waals surface area contributed by atoms with Crippen LogP contribution in [0.25, 0.3) is 10.0 Å². The van der Waals surface area contributed by atoms with E-state index in [1.54, 1.807) is 6.20 Å². The molecule has 1 aromatic carbocycles. The molecule has 0 saturated carbocycles. The second-order valence-corrected chi connectivity index (χ2v) is 6.89. The average molecular weight is 345 g/mol. The van der Waals surface area contributed by atoms with E-state index in [4.69, 9.17) is 5.73 Å². The molecule has 1 amide bonds. The van der Waals surface area contributed by atoms with E-state index in [-0.39, 0.29) is 11.9 Å². The Morgan fingerprint density at radius 1 is 1.26 bits per heavy atom. The molecular formula is C15H15N5OS2. The number of nitrogens with zero attached hydrogens (tertiary/aromatic N) is 3. The Labute approximate surface area is 141 Å². The molecule has 3 rings (SSSR count). The van der Waals surface area contributed by atoms with Crippen molar-refractivity contribution < 1.29 is 4.79 Å². The summed E-state index contributed by atoms with van der Waals surface area (Å²) in [6.07, 6.45) is 2.37. The highest BCUT2D eigenvalue weighted by Gasteiger charge is 2.19. The van der Waals surface area contributed by atoms with Crippen molar-refractivity contribution >= 4 is 34.3 Å². The van der Waals surface area contributed by atoms with Gasteiger partial charge in [0.25, 0.3) is 0 Å². The topological polar surface area (TPSA) is 93.8 Å². The largest absolute Gasteiger partial charge is 0.399 e. The quantitative estimate of drug-likeness (QED) is 0.693. The van der Waals surface area contributed by atoms with Gasteiger partial charge in [-0.15, -0.1) is 21.5 Å². The van der Waals surface area contributed by atoms with Crippen molar-refractivity contribution in [2.24, 2.45) is 0 Å². The van der Waals surface area contributed by atoms with Crippen molar-refractivity contribution in [3.05, 3.63) is 46.4 Å². The first-order valence-corrected chi connectivity index (χ1v) is 8.66. The van der Waals surface area contributed by atoms with Gasteiger partial charge in [0.2, 0.25) is 5.91 Å². The summed E-state index contributed by atoms with van der Waals surface area (Å²) < 4.78 is 0. The van der Waals surface area contributed by atoms with E-state index in [2.05, 4.69) is 20.5 Å². The Balaban J connectivity index is 1.84. The maximum atomic E-state index is 11.5. The van der Waals surface area contributed by atoms with Crippen molar-refractivity contribution in [1.82, 2.24) is 20.5 Å². The number of aromatic nitrogens is 3. The Morgan fingerprint density at radius 3 is 2.70 bits per heavy atom. The summed E-state index contributed by atoms with van der Waals surface area (Å²) in [4.78, 5) is 15.8. The number of carbonyl (C=O) groups is 1. The van der Waals surface area contributed by atoms with Crippen molar-refractivity contribution in [3.8, 4) is 10.0 Å². The van der Waals surface area contributed by atoms with Crippen LogP contribution in [-0.2, 0) is 11.2 Å². The number of amides is 1. The molecule has 8 heteroatoms. The van der Waals surface area contributed by atoms with E-state index in [0.717, 1.165) is 20.6 Å². The van der Waals surface area contributed by atoms with E-state index < -0.39 is 0 Å². The van der Waals surface area contributed by atoms with Gasteiger partial charge >= 0.3 is 0 Å². The second kappa shape index (κ2) is 6.84. The molecule has 0 aliphatic heterocycles. The van der Waals surface area contributed by atoms with Crippen molar-refractivity contribution in [1.29, 1.82) is 0 Å². The molecule has 3 aromatic rings. The number of rotatable bonds is 5. The minimum atomic E-state index is -0.220. The number of thiazole rings is 1. The molecule has 0 fully saturated rings. The first-order valence-electron chi connectivity index (χ1n) is 6.96. The van der Waals surface area contributed by atoms with Crippen LogP contribution in [0.2, 0.25) is 0 Å². The number of hydrogen-bond acceptors (Lipinski definition) is 7. The van der Waals surface area contributed by atoms with Gasteiger partial charge in [0.05, 0.1) is 6.04 Å². The summed E-state index contributed by atoms with van der Waals surface area (Å²) in [6, 6.07) is 7.38. The Bertz CT molecular complexity index is 783. The molecule has 3 N–H and O–H groups in total. The third-order valence-corrected chi connectivity index (χ3v) is 5.10. The standard InChI is InChI=1S/C15H15N5OS2/c1-9(21)18-12(8-10-2-4-11(16)5-3-10)13-19-20-15(23-13)14-17-6-7-22-14/h2-7,12H,8,16H2,1H3,(H,18,21)/t12-/m0/s1. The van der Waals surface area contributed by atoms with Gasteiger partial charge in [-0.05, 0) is 24.1 Å². The van der Waals surface area contributed by atoms with Crippen LogP contribution >= 0.6 is 22.7 Å². The van der Waals surface area contributed by atoms with Crippen LogP contribution in [0.4, 0.5) is 5.69 Å². The predicted octanol–water partition coefficient (Wildman–Crippen LogP) is 2.66. The minimum Gasteiger partial charge on any atom is -0.399 e. The molecule has 1 atom stereocenters. The van der Waals surface area contributed by atoms with Crippen LogP contribution in [0.3, 0.4) is 0 Å². The molecule has 23 heavy (non-hydrogen) atoms. The third kappa shape index (κ3) is 3.91. The minimum absolute atomic E-state index is 0.101. The Kier molecular flexibility index (Phi) is 4.63. The van der Waals surface area contributed by atoms with Gasteiger partial charge in [-0.2, -0.15) is 0 Å². The average Bonchev–Trinajstić information content (AvgIpc) is 3.19. The van der Waals surface area contributed by atoms with Gasteiger partial charge in [0.15, 0.2) is 10.0 Å². The van der Waals surface area contributed by atoms with Crippen LogP contribution in [0, 0.1) is 0 Å². The third-order valence-electron chi connectivity index (χ3n) is 3.15. The van der Waals surface area contributed by atoms with E-state index in [0.29, 0.717) is 12.1 Å².